The van der Waals surface area contributed by atoms with Crippen LogP contribution >= 0.6 is 11.6 Å². The number of nitrogens with zero attached hydrogens (tertiary/aromatic N) is 2. The average Bonchev–Trinajstić information content (AvgIpc) is 2.17. The Kier molecular flexibility index (Phi) is 4.37. The van der Waals surface area contributed by atoms with E-state index in [4.69, 9.17) is 17.3 Å². The van der Waals surface area contributed by atoms with Gasteiger partial charge in [-0.25, -0.2) is 4.98 Å². The second kappa shape index (κ2) is 5.56. The van der Waals surface area contributed by atoms with E-state index in [1.807, 2.05) is 0 Å². The lowest BCUT2D eigenvalue weighted by Crippen LogP contribution is -2.08. The van der Waals surface area contributed by atoms with E-state index in [0.29, 0.717) is 16.5 Å². The number of hydrogen-bond donors (Lipinski definition) is 2. The van der Waals surface area contributed by atoms with Crippen LogP contribution < -0.4 is 11.1 Å². The van der Waals surface area contributed by atoms with Gasteiger partial charge < -0.3 is 11.1 Å². The van der Waals surface area contributed by atoms with Gasteiger partial charge in [0.05, 0.1) is 5.56 Å². The lowest BCUT2D eigenvalue weighted by Gasteiger charge is -2.09. The van der Waals surface area contributed by atoms with Crippen LogP contribution in [0.15, 0.2) is 6.58 Å². The zero-order chi connectivity index (χ0) is 11.3. The summed E-state index contributed by atoms with van der Waals surface area (Å²) < 4.78 is 0. The molecule has 82 valence electrons. The number of halogens is 1. The first-order chi connectivity index (χ1) is 7.19. The van der Waals surface area contributed by atoms with Gasteiger partial charge in [0.25, 0.3) is 0 Å². The van der Waals surface area contributed by atoms with Crippen molar-refractivity contribution in [1.82, 2.24) is 9.97 Å². The van der Waals surface area contributed by atoms with Crippen molar-refractivity contribution >= 4 is 29.4 Å². The molecular formula is C10H15ClN4. The molecule has 0 bridgehead atoms. The van der Waals surface area contributed by atoms with Gasteiger partial charge in [-0.3, -0.25) is 0 Å². The third-order valence-electron chi connectivity index (χ3n) is 1.94. The molecule has 1 heterocycles. The zero-order valence-electron chi connectivity index (χ0n) is 8.76. The molecule has 0 aromatic carbocycles. The smallest absolute Gasteiger partial charge is 0.223 e. The maximum absolute atomic E-state index is 5.91. The van der Waals surface area contributed by atoms with Gasteiger partial charge in [0.2, 0.25) is 5.95 Å². The SMILES string of the molecule is C=Cc1c(Cl)nc(N)nc1NCCCC. The molecule has 1 aromatic rings. The van der Waals surface area contributed by atoms with E-state index < -0.39 is 0 Å². The summed E-state index contributed by atoms with van der Waals surface area (Å²) in [5.74, 6) is 0.820. The largest absolute Gasteiger partial charge is 0.369 e. The highest BCUT2D eigenvalue weighted by molar-refractivity contribution is 6.31. The summed E-state index contributed by atoms with van der Waals surface area (Å²) in [7, 11) is 0. The highest BCUT2D eigenvalue weighted by atomic mass is 35.5. The van der Waals surface area contributed by atoms with E-state index in [0.717, 1.165) is 19.4 Å². The number of nitrogen functional groups attached to an aromatic ring is 1. The Hall–Kier alpha value is -1.29. The molecule has 0 spiro atoms. The number of rotatable bonds is 5. The molecule has 0 aliphatic carbocycles. The van der Waals surface area contributed by atoms with Crippen LogP contribution in [-0.4, -0.2) is 16.5 Å². The zero-order valence-corrected chi connectivity index (χ0v) is 9.51. The first-order valence-corrected chi connectivity index (χ1v) is 5.26. The monoisotopic (exact) mass is 226 g/mol. The Morgan fingerprint density at radius 3 is 2.87 bits per heavy atom. The fourth-order valence-electron chi connectivity index (χ4n) is 1.16. The van der Waals surface area contributed by atoms with Crippen molar-refractivity contribution in [2.24, 2.45) is 0 Å². The molecule has 0 fully saturated rings. The summed E-state index contributed by atoms with van der Waals surface area (Å²) in [5.41, 5.74) is 6.20. The molecule has 1 aromatic heterocycles. The Labute approximate surface area is 94.6 Å². The lowest BCUT2D eigenvalue weighted by atomic mass is 10.3. The molecule has 0 saturated heterocycles. The number of unbranched alkanes of at least 4 members (excludes halogenated alkanes) is 1. The highest BCUT2D eigenvalue weighted by Gasteiger charge is 2.08. The van der Waals surface area contributed by atoms with Gasteiger partial charge in [-0.2, -0.15) is 4.98 Å². The molecule has 4 nitrogen and oxygen atoms in total. The van der Waals surface area contributed by atoms with Crippen LogP contribution in [0.2, 0.25) is 5.15 Å². The molecule has 5 heteroatoms. The van der Waals surface area contributed by atoms with Crippen LogP contribution in [0.5, 0.6) is 0 Å². The van der Waals surface area contributed by atoms with Gasteiger partial charge in [0, 0.05) is 6.54 Å². The molecule has 15 heavy (non-hydrogen) atoms. The quantitative estimate of drug-likeness (QED) is 0.598. The van der Waals surface area contributed by atoms with E-state index >= 15 is 0 Å². The lowest BCUT2D eigenvalue weighted by molar-refractivity contribution is 0.830. The molecule has 0 saturated carbocycles. The van der Waals surface area contributed by atoms with Crippen molar-refractivity contribution in [3.05, 3.63) is 17.3 Å². The van der Waals surface area contributed by atoms with E-state index in [1.165, 1.54) is 0 Å². The van der Waals surface area contributed by atoms with Gasteiger partial charge in [-0.1, -0.05) is 37.6 Å². The minimum Gasteiger partial charge on any atom is -0.369 e. The third-order valence-corrected chi connectivity index (χ3v) is 2.23. The predicted molar refractivity (Wildman–Crippen MR) is 64.9 cm³/mol. The number of aromatic nitrogens is 2. The minimum atomic E-state index is 0.171. The van der Waals surface area contributed by atoms with E-state index in [2.05, 4.69) is 28.8 Å². The van der Waals surface area contributed by atoms with Crippen molar-refractivity contribution in [1.29, 1.82) is 0 Å². The second-order valence-electron chi connectivity index (χ2n) is 3.12. The van der Waals surface area contributed by atoms with Crippen LogP contribution in [0.25, 0.3) is 6.08 Å². The van der Waals surface area contributed by atoms with Crippen LogP contribution in [-0.2, 0) is 0 Å². The summed E-state index contributed by atoms with van der Waals surface area (Å²) in [6, 6.07) is 0. The molecule has 0 unspecified atom stereocenters. The van der Waals surface area contributed by atoms with Crippen molar-refractivity contribution < 1.29 is 0 Å². The van der Waals surface area contributed by atoms with Gasteiger partial charge in [-0.05, 0) is 6.42 Å². The summed E-state index contributed by atoms with van der Waals surface area (Å²) in [5, 5.41) is 3.49. The molecule has 0 atom stereocenters. The van der Waals surface area contributed by atoms with E-state index in [9.17, 15) is 0 Å². The number of nitrogens with one attached hydrogen (secondary N) is 1. The Morgan fingerprint density at radius 2 is 2.27 bits per heavy atom. The van der Waals surface area contributed by atoms with Crippen molar-refractivity contribution in [2.45, 2.75) is 19.8 Å². The Morgan fingerprint density at radius 1 is 1.53 bits per heavy atom. The topological polar surface area (TPSA) is 63.8 Å². The summed E-state index contributed by atoms with van der Waals surface area (Å²) in [4.78, 5) is 7.93. The normalized spacial score (nSPS) is 10.0. The van der Waals surface area contributed by atoms with E-state index in [1.54, 1.807) is 6.08 Å². The number of nitrogens with two attached hydrogens (primary N) is 1. The highest BCUT2D eigenvalue weighted by Crippen LogP contribution is 2.22. The van der Waals surface area contributed by atoms with Crippen LogP contribution in [0, 0.1) is 0 Å². The van der Waals surface area contributed by atoms with Gasteiger partial charge >= 0.3 is 0 Å². The summed E-state index contributed by atoms with van der Waals surface area (Å²) >= 11 is 5.91. The third kappa shape index (κ3) is 3.09. The van der Waals surface area contributed by atoms with Crippen molar-refractivity contribution in [3.63, 3.8) is 0 Å². The Balaban J connectivity index is 2.88. The fraction of sp³-hybridized carbons (Fsp3) is 0.400. The molecular weight excluding hydrogens is 212 g/mol. The molecule has 0 aliphatic rings. The first kappa shape index (κ1) is 11.8. The summed E-state index contributed by atoms with van der Waals surface area (Å²) in [6.45, 7) is 6.62. The Bertz CT molecular complexity index is 352. The molecule has 0 amide bonds. The van der Waals surface area contributed by atoms with Crippen LogP contribution in [0.1, 0.15) is 25.3 Å². The van der Waals surface area contributed by atoms with Crippen LogP contribution in [0.3, 0.4) is 0 Å². The van der Waals surface area contributed by atoms with Crippen LogP contribution in [0.4, 0.5) is 11.8 Å². The average molecular weight is 227 g/mol. The molecule has 3 N–H and O–H groups in total. The maximum atomic E-state index is 5.91. The van der Waals surface area contributed by atoms with Crippen molar-refractivity contribution in [2.75, 3.05) is 17.6 Å². The number of anilines is 2. The first-order valence-electron chi connectivity index (χ1n) is 4.88. The van der Waals surface area contributed by atoms with Gasteiger partial charge in [0.1, 0.15) is 11.0 Å². The summed E-state index contributed by atoms with van der Waals surface area (Å²) in [6.07, 6.45) is 3.80. The predicted octanol–water partition coefficient (Wildman–Crippen LogP) is 2.57. The molecule has 1 rings (SSSR count). The van der Waals surface area contributed by atoms with E-state index in [-0.39, 0.29) is 5.95 Å². The molecule has 0 aliphatic heterocycles. The fourth-order valence-corrected chi connectivity index (χ4v) is 1.41. The molecule has 0 radical (unpaired) electrons. The van der Waals surface area contributed by atoms with Gasteiger partial charge in [-0.15, -0.1) is 0 Å². The minimum absolute atomic E-state index is 0.171. The standard InChI is InChI=1S/C10H15ClN4/c1-3-5-6-13-9-7(4-2)8(11)14-10(12)15-9/h4H,2-3,5-6H2,1H3,(H3,12,13,14,15). The van der Waals surface area contributed by atoms with Gasteiger partial charge in [0.15, 0.2) is 0 Å². The number of hydrogen-bond acceptors (Lipinski definition) is 4. The second-order valence-corrected chi connectivity index (χ2v) is 3.48. The van der Waals surface area contributed by atoms with Crippen molar-refractivity contribution in [3.8, 4) is 0 Å². The maximum Gasteiger partial charge on any atom is 0.223 e.